The Morgan fingerprint density at radius 3 is 2.65 bits per heavy atom. The van der Waals surface area contributed by atoms with Crippen molar-refractivity contribution in [3.63, 3.8) is 0 Å². The normalized spacial score (nSPS) is 10.8. The molecule has 0 unspecified atom stereocenters. The Balaban J connectivity index is 2.47. The van der Waals surface area contributed by atoms with Gasteiger partial charge in [0.1, 0.15) is 5.02 Å². The molecule has 2 aromatic rings. The highest BCUT2D eigenvalue weighted by atomic mass is 35.5. The molecule has 0 saturated carbocycles. The summed E-state index contributed by atoms with van der Waals surface area (Å²) in [7, 11) is 0. The molecule has 4 heteroatoms. The van der Waals surface area contributed by atoms with Crippen LogP contribution in [0.15, 0.2) is 41.5 Å². The molecule has 2 aromatic heterocycles. The van der Waals surface area contributed by atoms with Gasteiger partial charge in [0.2, 0.25) is 0 Å². The van der Waals surface area contributed by atoms with Crippen molar-refractivity contribution < 1.29 is 0 Å². The lowest BCUT2D eigenvalue weighted by Gasteiger charge is -2.08. The first-order chi connectivity index (χ1) is 8.09. The van der Waals surface area contributed by atoms with E-state index in [0.29, 0.717) is 5.92 Å². The molecule has 0 fully saturated rings. The van der Waals surface area contributed by atoms with Crippen molar-refractivity contribution in [3.05, 3.63) is 57.7 Å². The second-order valence-corrected chi connectivity index (χ2v) is 4.53. The lowest BCUT2D eigenvalue weighted by Crippen LogP contribution is -2.17. The highest BCUT2D eigenvalue weighted by Gasteiger charge is 2.04. The Morgan fingerprint density at radius 1 is 1.29 bits per heavy atom. The molecular weight excluding hydrogens is 236 g/mol. The van der Waals surface area contributed by atoms with Crippen LogP contribution in [0.4, 0.5) is 0 Å². The van der Waals surface area contributed by atoms with Gasteiger partial charge in [-0.25, -0.2) is 0 Å². The van der Waals surface area contributed by atoms with E-state index in [9.17, 15) is 4.79 Å². The molecule has 0 aliphatic heterocycles. The third-order valence-electron chi connectivity index (χ3n) is 2.54. The van der Waals surface area contributed by atoms with Crippen LogP contribution in [0.2, 0.25) is 5.02 Å². The van der Waals surface area contributed by atoms with Gasteiger partial charge in [0.25, 0.3) is 5.56 Å². The predicted molar refractivity (Wildman–Crippen MR) is 68.9 cm³/mol. The Bertz CT molecular complexity index is 573. The summed E-state index contributed by atoms with van der Waals surface area (Å²) in [6.45, 7) is 4.15. The van der Waals surface area contributed by atoms with Crippen molar-refractivity contribution in [2.24, 2.45) is 0 Å². The molecule has 0 aliphatic carbocycles. The zero-order chi connectivity index (χ0) is 12.4. The van der Waals surface area contributed by atoms with Gasteiger partial charge in [-0.05, 0) is 30.2 Å². The summed E-state index contributed by atoms with van der Waals surface area (Å²) in [6.07, 6.45) is 3.37. The second kappa shape index (κ2) is 4.72. The van der Waals surface area contributed by atoms with E-state index < -0.39 is 0 Å². The third-order valence-corrected chi connectivity index (χ3v) is 2.83. The monoisotopic (exact) mass is 248 g/mol. The first-order valence-electron chi connectivity index (χ1n) is 5.43. The molecule has 0 aromatic carbocycles. The standard InChI is InChI=1S/C13H13ClN2O/c1-9(2)12-6-5-10(8-15-12)16-7-3-4-11(14)13(16)17/h3-9H,1-2H3. The molecule has 3 nitrogen and oxygen atoms in total. The Kier molecular flexibility index (Phi) is 3.29. The number of hydrogen-bond acceptors (Lipinski definition) is 2. The minimum absolute atomic E-state index is 0.209. The fourth-order valence-electron chi connectivity index (χ4n) is 1.55. The Hall–Kier alpha value is -1.61. The summed E-state index contributed by atoms with van der Waals surface area (Å²) >= 11 is 5.79. The van der Waals surface area contributed by atoms with Gasteiger partial charge in [-0.3, -0.25) is 14.3 Å². The van der Waals surface area contributed by atoms with Gasteiger partial charge in [-0.1, -0.05) is 25.4 Å². The summed E-state index contributed by atoms with van der Waals surface area (Å²) in [5, 5.41) is 0.209. The maximum absolute atomic E-state index is 11.8. The molecule has 0 amide bonds. The third kappa shape index (κ3) is 2.39. The summed E-state index contributed by atoms with van der Waals surface area (Å²) in [4.78, 5) is 16.1. The van der Waals surface area contributed by atoms with Gasteiger partial charge in [0, 0.05) is 11.9 Å². The Morgan fingerprint density at radius 2 is 2.06 bits per heavy atom. The molecule has 0 atom stereocenters. The predicted octanol–water partition coefficient (Wildman–Crippen LogP) is 3.01. The Labute approximate surface area is 105 Å². The molecule has 0 radical (unpaired) electrons. The number of rotatable bonds is 2. The molecular formula is C13H13ClN2O. The highest BCUT2D eigenvalue weighted by molar-refractivity contribution is 6.30. The van der Waals surface area contributed by atoms with Crippen molar-refractivity contribution in [1.29, 1.82) is 0 Å². The minimum atomic E-state index is -0.228. The van der Waals surface area contributed by atoms with Gasteiger partial charge in [0.15, 0.2) is 0 Å². The molecule has 0 bridgehead atoms. The molecule has 0 N–H and O–H groups in total. The number of hydrogen-bond donors (Lipinski definition) is 0. The van der Waals surface area contributed by atoms with Crippen molar-refractivity contribution >= 4 is 11.6 Å². The van der Waals surface area contributed by atoms with Gasteiger partial charge < -0.3 is 0 Å². The van der Waals surface area contributed by atoms with Crippen LogP contribution in [0.25, 0.3) is 5.69 Å². The summed E-state index contributed by atoms with van der Waals surface area (Å²) < 4.78 is 1.49. The summed E-state index contributed by atoms with van der Waals surface area (Å²) in [6, 6.07) is 7.11. The van der Waals surface area contributed by atoms with Gasteiger partial charge in [-0.15, -0.1) is 0 Å². The average Bonchev–Trinajstić information content (AvgIpc) is 2.33. The zero-order valence-corrected chi connectivity index (χ0v) is 10.5. The summed E-state index contributed by atoms with van der Waals surface area (Å²) in [5.41, 5.74) is 1.50. The lowest BCUT2D eigenvalue weighted by molar-refractivity contribution is 0.818. The van der Waals surface area contributed by atoms with Crippen LogP contribution in [0.1, 0.15) is 25.5 Å². The average molecular weight is 249 g/mol. The van der Waals surface area contributed by atoms with E-state index >= 15 is 0 Å². The molecule has 17 heavy (non-hydrogen) atoms. The van der Waals surface area contributed by atoms with E-state index in [1.165, 1.54) is 4.57 Å². The van der Waals surface area contributed by atoms with Gasteiger partial charge in [-0.2, -0.15) is 0 Å². The number of nitrogens with zero attached hydrogens (tertiary/aromatic N) is 2. The quantitative estimate of drug-likeness (QED) is 0.819. The van der Waals surface area contributed by atoms with Crippen LogP contribution in [-0.4, -0.2) is 9.55 Å². The molecule has 0 aliphatic rings. The molecule has 2 heterocycles. The van der Waals surface area contributed by atoms with Crippen molar-refractivity contribution in [2.75, 3.05) is 0 Å². The second-order valence-electron chi connectivity index (χ2n) is 4.13. The largest absolute Gasteiger partial charge is 0.281 e. The van der Waals surface area contributed by atoms with Crippen LogP contribution in [0.3, 0.4) is 0 Å². The number of pyridine rings is 2. The van der Waals surface area contributed by atoms with E-state index in [2.05, 4.69) is 18.8 Å². The minimum Gasteiger partial charge on any atom is -0.281 e. The first-order valence-corrected chi connectivity index (χ1v) is 5.81. The van der Waals surface area contributed by atoms with Gasteiger partial charge >= 0.3 is 0 Å². The van der Waals surface area contributed by atoms with E-state index in [-0.39, 0.29) is 10.6 Å². The van der Waals surface area contributed by atoms with Crippen molar-refractivity contribution in [3.8, 4) is 5.69 Å². The topological polar surface area (TPSA) is 34.9 Å². The van der Waals surface area contributed by atoms with Crippen molar-refractivity contribution in [1.82, 2.24) is 9.55 Å². The SMILES string of the molecule is CC(C)c1ccc(-n2cccc(Cl)c2=O)cn1. The van der Waals surface area contributed by atoms with Crippen LogP contribution in [-0.2, 0) is 0 Å². The van der Waals surface area contributed by atoms with Crippen molar-refractivity contribution in [2.45, 2.75) is 19.8 Å². The van der Waals surface area contributed by atoms with Crippen LogP contribution in [0.5, 0.6) is 0 Å². The first kappa shape index (κ1) is 11.9. The van der Waals surface area contributed by atoms with Gasteiger partial charge in [0.05, 0.1) is 11.9 Å². The lowest BCUT2D eigenvalue weighted by atomic mass is 10.1. The smallest absolute Gasteiger partial charge is 0.273 e. The fourth-order valence-corrected chi connectivity index (χ4v) is 1.72. The van der Waals surface area contributed by atoms with Crippen LogP contribution < -0.4 is 5.56 Å². The zero-order valence-electron chi connectivity index (χ0n) is 9.72. The van der Waals surface area contributed by atoms with Crippen LogP contribution >= 0.6 is 11.6 Å². The summed E-state index contributed by atoms with van der Waals surface area (Å²) in [5.74, 6) is 0.375. The molecule has 2 rings (SSSR count). The number of halogens is 1. The van der Waals surface area contributed by atoms with E-state index in [1.54, 1.807) is 24.5 Å². The molecule has 88 valence electrons. The number of aromatic nitrogens is 2. The van der Waals surface area contributed by atoms with E-state index in [0.717, 1.165) is 11.4 Å². The molecule has 0 spiro atoms. The highest BCUT2D eigenvalue weighted by Crippen LogP contribution is 2.13. The fraction of sp³-hybridized carbons (Fsp3) is 0.231. The maximum atomic E-state index is 11.8. The van der Waals surface area contributed by atoms with Crippen LogP contribution in [0, 0.1) is 0 Å². The maximum Gasteiger partial charge on any atom is 0.273 e. The molecule has 0 saturated heterocycles. The van der Waals surface area contributed by atoms with E-state index in [1.807, 2.05) is 12.1 Å². The van der Waals surface area contributed by atoms with E-state index in [4.69, 9.17) is 11.6 Å².